The summed E-state index contributed by atoms with van der Waals surface area (Å²) in [6.45, 7) is 3.66. The Morgan fingerprint density at radius 3 is 2.52 bits per heavy atom. The third-order valence-electron chi connectivity index (χ3n) is 3.59. The number of thiocarbonyl (C=S) groups is 1. The monoisotopic (exact) mass is 373 g/mol. The van der Waals surface area contributed by atoms with Crippen LogP contribution in [0.15, 0.2) is 24.3 Å². The molecule has 0 spiro atoms. The molecule has 10 heteroatoms. The molecular formula is C15H19NO8S. The van der Waals surface area contributed by atoms with Gasteiger partial charge in [-0.1, -0.05) is 0 Å². The Labute approximate surface area is 149 Å². The Morgan fingerprint density at radius 1 is 1.32 bits per heavy atom. The number of benzene rings is 1. The Morgan fingerprint density at radius 2 is 1.96 bits per heavy atom. The van der Waals surface area contributed by atoms with Crippen LogP contribution in [0.4, 0.5) is 5.69 Å². The molecule has 0 saturated carbocycles. The van der Waals surface area contributed by atoms with Gasteiger partial charge >= 0.3 is 5.24 Å². The van der Waals surface area contributed by atoms with Gasteiger partial charge in [-0.05, 0) is 26.0 Å². The molecule has 1 fully saturated rings. The maximum absolute atomic E-state index is 10.6. The molecular weight excluding hydrogens is 354 g/mol. The number of nitro groups is 1. The third-order valence-corrected chi connectivity index (χ3v) is 3.77. The van der Waals surface area contributed by atoms with Crippen LogP contribution < -0.4 is 4.74 Å². The maximum Gasteiger partial charge on any atom is 0.358 e. The minimum Gasteiger partial charge on any atom is -0.447 e. The highest BCUT2D eigenvalue weighted by Crippen LogP contribution is 2.25. The van der Waals surface area contributed by atoms with E-state index in [0.29, 0.717) is 6.61 Å². The van der Waals surface area contributed by atoms with Crippen LogP contribution in [-0.2, 0) is 14.2 Å². The van der Waals surface area contributed by atoms with Crippen molar-refractivity contribution in [3.8, 4) is 5.75 Å². The predicted octanol–water partition coefficient (Wildman–Crippen LogP) is 1.15. The van der Waals surface area contributed by atoms with Crippen molar-refractivity contribution >= 4 is 23.1 Å². The van der Waals surface area contributed by atoms with Crippen molar-refractivity contribution in [3.63, 3.8) is 0 Å². The third kappa shape index (κ3) is 4.83. The first kappa shape index (κ1) is 19.5. The van der Waals surface area contributed by atoms with Crippen LogP contribution in [0.3, 0.4) is 0 Å². The van der Waals surface area contributed by atoms with Crippen molar-refractivity contribution in [1.29, 1.82) is 0 Å². The summed E-state index contributed by atoms with van der Waals surface area (Å²) in [6.07, 6.45) is -5.14. The van der Waals surface area contributed by atoms with E-state index in [0.717, 1.165) is 0 Å². The van der Waals surface area contributed by atoms with Gasteiger partial charge in [0.2, 0.25) is 0 Å². The highest BCUT2D eigenvalue weighted by atomic mass is 32.1. The highest BCUT2D eigenvalue weighted by molar-refractivity contribution is 7.79. The molecule has 0 aromatic heterocycles. The van der Waals surface area contributed by atoms with Crippen LogP contribution >= 0.6 is 12.2 Å². The predicted molar refractivity (Wildman–Crippen MR) is 89.2 cm³/mol. The van der Waals surface area contributed by atoms with E-state index in [9.17, 15) is 20.3 Å². The minimum absolute atomic E-state index is 0.0946. The number of nitro benzene ring substituents is 1. The number of aliphatic hydroxyl groups excluding tert-OH is 2. The molecule has 1 heterocycles. The molecule has 1 aliphatic rings. The normalized spacial score (nSPS) is 29.0. The molecule has 1 aromatic rings. The molecule has 2 N–H and O–H groups in total. The number of ether oxygens (including phenoxy) is 4. The molecule has 0 unspecified atom stereocenters. The van der Waals surface area contributed by atoms with Gasteiger partial charge in [-0.25, -0.2) is 0 Å². The average molecular weight is 373 g/mol. The lowest BCUT2D eigenvalue weighted by molar-refractivity contribution is -0.384. The van der Waals surface area contributed by atoms with E-state index in [-0.39, 0.29) is 16.7 Å². The summed E-state index contributed by atoms with van der Waals surface area (Å²) in [4.78, 5) is 10.1. The zero-order chi connectivity index (χ0) is 18.6. The molecule has 25 heavy (non-hydrogen) atoms. The van der Waals surface area contributed by atoms with Gasteiger partial charge in [-0.15, -0.1) is 0 Å². The van der Waals surface area contributed by atoms with Crippen LogP contribution in [-0.4, -0.2) is 57.7 Å². The fourth-order valence-electron chi connectivity index (χ4n) is 2.31. The van der Waals surface area contributed by atoms with Gasteiger partial charge in [0.15, 0.2) is 12.4 Å². The number of aliphatic hydroxyl groups is 2. The van der Waals surface area contributed by atoms with Gasteiger partial charge in [0.25, 0.3) is 5.69 Å². The standard InChI is InChI=1S/C15H19NO8S/c1-3-21-14-12(18)13(11(17)8(2)22-14)24-15(25)23-10-6-4-9(5-7-10)16(19)20/h4-8,11-14,17-18H,3H2,1-2H3/t8-,11+,12-,13+,14+/m0/s1. The molecule has 138 valence electrons. The van der Waals surface area contributed by atoms with Gasteiger partial charge in [0.1, 0.15) is 18.0 Å². The summed E-state index contributed by atoms with van der Waals surface area (Å²) < 4.78 is 21.3. The average Bonchev–Trinajstić information content (AvgIpc) is 2.57. The maximum atomic E-state index is 10.6. The number of nitrogens with zero attached hydrogens (tertiary/aromatic N) is 1. The van der Waals surface area contributed by atoms with Crippen LogP contribution in [0.5, 0.6) is 5.75 Å². The molecule has 1 saturated heterocycles. The molecule has 0 bridgehead atoms. The first-order valence-electron chi connectivity index (χ1n) is 7.59. The fraction of sp³-hybridized carbons (Fsp3) is 0.533. The van der Waals surface area contributed by atoms with E-state index in [2.05, 4.69) is 0 Å². The van der Waals surface area contributed by atoms with E-state index in [1.54, 1.807) is 13.8 Å². The fourth-order valence-corrected chi connectivity index (χ4v) is 2.51. The zero-order valence-electron chi connectivity index (χ0n) is 13.6. The molecule has 1 aromatic carbocycles. The summed E-state index contributed by atoms with van der Waals surface area (Å²) in [5.74, 6) is 0.223. The smallest absolute Gasteiger partial charge is 0.358 e. The Balaban J connectivity index is 2.00. The summed E-state index contributed by atoms with van der Waals surface area (Å²) in [7, 11) is 0. The quantitative estimate of drug-likeness (QED) is 0.445. The van der Waals surface area contributed by atoms with E-state index < -0.39 is 35.6 Å². The number of non-ortho nitro benzene ring substituents is 1. The largest absolute Gasteiger partial charge is 0.447 e. The van der Waals surface area contributed by atoms with E-state index in [1.165, 1.54) is 24.3 Å². The van der Waals surface area contributed by atoms with Crippen LogP contribution in [0.2, 0.25) is 0 Å². The van der Waals surface area contributed by atoms with Crippen molar-refractivity contribution in [2.45, 2.75) is 44.6 Å². The van der Waals surface area contributed by atoms with Crippen molar-refractivity contribution in [2.75, 3.05) is 6.61 Å². The van der Waals surface area contributed by atoms with Crippen LogP contribution in [0.1, 0.15) is 13.8 Å². The van der Waals surface area contributed by atoms with E-state index in [4.69, 9.17) is 31.2 Å². The molecule has 0 amide bonds. The second-order valence-corrected chi connectivity index (χ2v) is 5.66. The Kier molecular flexibility index (Phi) is 6.62. The van der Waals surface area contributed by atoms with E-state index in [1.807, 2.05) is 0 Å². The van der Waals surface area contributed by atoms with Gasteiger partial charge in [-0.3, -0.25) is 10.1 Å². The molecule has 9 nitrogen and oxygen atoms in total. The first-order valence-corrected chi connectivity index (χ1v) is 8.00. The van der Waals surface area contributed by atoms with Crippen LogP contribution in [0.25, 0.3) is 0 Å². The Bertz CT molecular complexity index is 610. The number of rotatable bonds is 5. The van der Waals surface area contributed by atoms with Crippen molar-refractivity contribution < 1.29 is 34.1 Å². The molecule has 2 rings (SSSR count). The van der Waals surface area contributed by atoms with Gasteiger partial charge < -0.3 is 29.2 Å². The van der Waals surface area contributed by atoms with Crippen LogP contribution in [0, 0.1) is 10.1 Å². The number of hydrogen-bond donors (Lipinski definition) is 2. The SMILES string of the molecule is CCO[C@@H]1O[C@@H](C)[C@@H](O)[C@@H](OC(=S)Oc2ccc([N+](=O)[O-])cc2)[C@@H]1O. The highest BCUT2D eigenvalue weighted by Gasteiger charge is 2.45. The zero-order valence-corrected chi connectivity index (χ0v) is 14.4. The summed E-state index contributed by atoms with van der Waals surface area (Å²) in [6, 6.07) is 5.22. The van der Waals surface area contributed by atoms with Crippen molar-refractivity contribution in [1.82, 2.24) is 0 Å². The molecule has 0 aliphatic carbocycles. The molecule has 0 radical (unpaired) electrons. The topological polar surface area (TPSA) is 121 Å². The lowest BCUT2D eigenvalue weighted by Crippen LogP contribution is -2.59. The second-order valence-electron chi connectivity index (χ2n) is 5.33. The second kappa shape index (κ2) is 8.50. The van der Waals surface area contributed by atoms with Gasteiger partial charge in [-0.2, -0.15) is 0 Å². The van der Waals surface area contributed by atoms with Gasteiger partial charge in [0, 0.05) is 31.0 Å². The van der Waals surface area contributed by atoms with E-state index >= 15 is 0 Å². The minimum atomic E-state index is -1.27. The Hall–Kier alpha value is -1.85. The van der Waals surface area contributed by atoms with Crippen molar-refractivity contribution in [3.05, 3.63) is 34.4 Å². The summed E-state index contributed by atoms with van der Waals surface area (Å²) in [5.41, 5.74) is -0.0946. The van der Waals surface area contributed by atoms with Crippen molar-refractivity contribution in [2.24, 2.45) is 0 Å². The van der Waals surface area contributed by atoms with Gasteiger partial charge in [0.05, 0.1) is 11.0 Å². The molecule has 5 atom stereocenters. The summed E-state index contributed by atoms with van der Waals surface area (Å²) >= 11 is 4.97. The number of hydrogen-bond acceptors (Lipinski definition) is 9. The lowest BCUT2D eigenvalue weighted by atomic mass is 10.00. The first-order chi connectivity index (χ1) is 11.8. The summed E-state index contributed by atoms with van der Waals surface area (Å²) in [5, 5.41) is 30.7. The lowest BCUT2D eigenvalue weighted by Gasteiger charge is -2.40. The molecule has 1 aliphatic heterocycles.